The van der Waals surface area contributed by atoms with Crippen molar-refractivity contribution < 1.29 is 37.2 Å². The van der Waals surface area contributed by atoms with Crippen molar-refractivity contribution in [2.75, 3.05) is 27.4 Å². The highest BCUT2D eigenvalue weighted by Gasteiger charge is 2.49. The molecule has 0 spiro atoms. The van der Waals surface area contributed by atoms with Crippen molar-refractivity contribution in [3.8, 4) is 11.5 Å². The van der Waals surface area contributed by atoms with Crippen LogP contribution in [0.5, 0.6) is 11.5 Å². The van der Waals surface area contributed by atoms with Gasteiger partial charge in [0.05, 0.1) is 33.5 Å². The Bertz CT molecular complexity index is 2690. The molecule has 0 bridgehead atoms. The fourth-order valence-electron chi connectivity index (χ4n) is 8.07. The number of hydrogen-bond acceptors (Lipinski definition) is 12. The summed E-state index contributed by atoms with van der Waals surface area (Å²) < 4.78 is 61.1. The molecule has 2 aliphatic rings. The zero-order valence-corrected chi connectivity index (χ0v) is 40.6. The number of methoxy groups -OCH3 is 2. The highest BCUT2D eigenvalue weighted by atomic mass is 31.1. The fraction of sp³-hybridized carbons (Fsp3) is 0.447. The third-order valence-corrected chi connectivity index (χ3v) is 18.2. The number of H-pyrrole nitrogens is 2. The van der Waals surface area contributed by atoms with Gasteiger partial charge < -0.3 is 28.1 Å². The normalized spacial score (nSPS) is 21.5. The van der Waals surface area contributed by atoms with E-state index in [1.54, 1.807) is 28.1 Å². The Kier molecular flexibility index (Phi) is 14.7. The second-order valence-corrected chi connectivity index (χ2v) is 24.0. The monoisotopic (exact) mass is 944 g/mol. The molecule has 1 unspecified atom stereocenters. The topological polar surface area (TPSA) is 203 Å². The first-order valence-electron chi connectivity index (χ1n) is 21.8. The van der Waals surface area contributed by atoms with E-state index in [0.717, 1.165) is 16.7 Å². The largest absolute Gasteiger partial charge is 0.613 e. The van der Waals surface area contributed by atoms with Gasteiger partial charge in [-0.1, -0.05) is 80.5 Å². The standard InChI is InChI=1S/C47H58N5O12PSi/c1-29-26-51(44(55)49-42(29)53)40-23-36(63-65(57)48-25-38-37(64-66(8,9)46(3,4)5)24-41(61-38)52-27-30(2)43(54)50-45(52)56)39(62-40)28-60-47(31-13-11-10-12-14-31,32-15-19-34(58-6)20-16-32)33-17-21-35(59-7)22-18-33/h10-22,26-27,36-41H,23-25,28H2,1-9H3,(H2-,48,49,50,53,54,55,56,57)/p+1/t36-,37-,38+,39+,40+,41+/m0/s1. The van der Waals surface area contributed by atoms with Crippen LogP contribution >= 0.6 is 8.18 Å². The van der Waals surface area contributed by atoms with E-state index < -0.39 is 81.5 Å². The molecule has 2 saturated heterocycles. The molecule has 352 valence electrons. The molecule has 2 fully saturated rings. The van der Waals surface area contributed by atoms with Crippen LogP contribution < -0.4 is 37.1 Å². The molecule has 66 heavy (non-hydrogen) atoms. The lowest BCUT2D eigenvalue weighted by Gasteiger charge is -2.39. The van der Waals surface area contributed by atoms with Crippen LogP contribution in [-0.4, -0.2) is 79.2 Å². The summed E-state index contributed by atoms with van der Waals surface area (Å²) in [6.07, 6.45) is -1.38. The van der Waals surface area contributed by atoms with Crippen molar-refractivity contribution in [1.29, 1.82) is 0 Å². The average Bonchev–Trinajstić information content (AvgIpc) is 3.88. The van der Waals surface area contributed by atoms with Crippen molar-refractivity contribution in [3.63, 3.8) is 0 Å². The number of aromatic nitrogens is 4. The molecule has 7 atom stereocenters. The van der Waals surface area contributed by atoms with Crippen LogP contribution in [0, 0.1) is 13.8 Å². The van der Waals surface area contributed by atoms with Crippen LogP contribution in [0.1, 0.15) is 73.9 Å². The van der Waals surface area contributed by atoms with Gasteiger partial charge in [0.25, 0.3) is 11.1 Å². The number of rotatable bonds is 17. The van der Waals surface area contributed by atoms with E-state index in [2.05, 4.69) is 48.9 Å². The number of hydrogen-bond donors (Lipinski definition) is 3. The lowest BCUT2D eigenvalue weighted by atomic mass is 9.80. The Balaban J connectivity index is 1.19. The molecular formula is C47H59N5O12PSi+. The van der Waals surface area contributed by atoms with Crippen LogP contribution in [0.2, 0.25) is 18.1 Å². The molecule has 3 N–H and O–H groups in total. The molecule has 5 aromatic rings. The van der Waals surface area contributed by atoms with Gasteiger partial charge in [0.1, 0.15) is 47.9 Å². The minimum Gasteiger partial charge on any atom is -0.497 e. The quantitative estimate of drug-likeness (QED) is 0.0531. The summed E-state index contributed by atoms with van der Waals surface area (Å²) in [4.78, 5) is 55.5. The summed E-state index contributed by atoms with van der Waals surface area (Å²) in [5, 5.41) is 2.86. The zero-order chi connectivity index (χ0) is 47.6. The highest BCUT2D eigenvalue weighted by Crippen LogP contribution is 2.45. The van der Waals surface area contributed by atoms with Gasteiger partial charge in [0.2, 0.25) is 0 Å². The number of benzene rings is 3. The Labute approximate surface area is 384 Å². The molecule has 7 rings (SSSR count). The van der Waals surface area contributed by atoms with Gasteiger partial charge in [-0.3, -0.25) is 28.7 Å². The van der Waals surface area contributed by atoms with Crippen LogP contribution in [0.15, 0.2) is 110 Å². The molecule has 17 nitrogen and oxygen atoms in total. The highest BCUT2D eigenvalue weighted by molar-refractivity contribution is 7.36. The first kappa shape index (κ1) is 48.6. The minimum atomic E-state index is -2.63. The lowest BCUT2D eigenvalue weighted by molar-refractivity contribution is -0.0912. The maximum Gasteiger partial charge on any atom is 0.613 e. The van der Waals surface area contributed by atoms with Crippen molar-refractivity contribution >= 4 is 16.5 Å². The van der Waals surface area contributed by atoms with E-state index in [0.29, 0.717) is 29.0 Å². The first-order chi connectivity index (χ1) is 31.3. The molecule has 0 amide bonds. The summed E-state index contributed by atoms with van der Waals surface area (Å²) in [6.45, 7) is 13.7. The van der Waals surface area contributed by atoms with Gasteiger partial charge in [0, 0.05) is 36.4 Å². The molecule has 2 aliphatic heterocycles. The SMILES string of the molecule is COc1ccc(C(OC[C@H]2O[C@@H](n3cc(C)c(=O)[nH]c3=O)C[C@@H]2O[P+](=O)NC[C@H]2O[C@@H](n3cc(C)c(=O)[nH]c3=O)C[C@@H]2O[Si](C)(C)C(C)(C)C)(c2ccccc2)c2ccc(OC)cc2)cc1. The van der Waals surface area contributed by atoms with Gasteiger partial charge in [-0.2, -0.15) is 0 Å². The first-order valence-corrected chi connectivity index (χ1v) is 25.9. The predicted octanol–water partition coefficient (Wildman–Crippen LogP) is 6.33. The second-order valence-electron chi connectivity index (χ2n) is 18.2. The van der Waals surface area contributed by atoms with Crippen molar-refractivity contribution in [3.05, 3.63) is 161 Å². The van der Waals surface area contributed by atoms with E-state index in [1.807, 2.05) is 78.9 Å². The molecule has 0 radical (unpaired) electrons. The Morgan fingerprint density at radius 2 is 1.18 bits per heavy atom. The predicted molar refractivity (Wildman–Crippen MR) is 250 cm³/mol. The third kappa shape index (κ3) is 10.3. The summed E-state index contributed by atoms with van der Waals surface area (Å²) in [5.74, 6) is 1.31. The van der Waals surface area contributed by atoms with E-state index in [-0.39, 0.29) is 24.6 Å². The lowest BCUT2D eigenvalue weighted by Crippen LogP contribution is -2.47. The van der Waals surface area contributed by atoms with Crippen LogP contribution in [0.4, 0.5) is 0 Å². The van der Waals surface area contributed by atoms with Crippen molar-refractivity contribution in [1.82, 2.24) is 24.2 Å². The number of aromatic amines is 2. The molecule has 0 aliphatic carbocycles. The summed E-state index contributed by atoms with van der Waals surface area (Å²) in [5.41, 5.74) is -0.525. The second kappa shape index (κ2) is 19.9. The Morgan fingerprint density at radius 3 is 1.67 bits per heavy atom. The minimum absolute atomic E-state index is 0.0187. The number of ether oxygens (including phenoxy) is 5. The molecule has 3 aromatic carbocycles. The molecule has 19 heteroatoms. The molecule has 4 heterocycles. The Morgan fingerprint density at radius 1 is 0.712 bits per heavy atom. The van der Waals surface area contributed by atoms with E-state index >= 15 is 0 Å². The van der Waals surface area contributed by atoms with E-state index in [4.69, 9.17) is 32.6 Å². The van der Waals surface area contributed by atoms with Gasteiger partial charge in [-0.15, -0.1) is 4.52 Å². The van der Waals surface area contributed by atoms with E-state index in [9.17, 15) is 23.7 Å². The summed E-state index contributed by atoms with van der Waals surface area (Å²) >= 11 is 0. The summed E-state index contributed by atoms with van der Waals surface area (Å²) in [7, 11) is -1.82. The van der Waals surface area contributed by atoms with Crippen molar-refractivity contribution in [2.45, 2.75) is 108 Å². The third-order valence-electron chi connectivity index (χ3n) is 12.8. The van der Waals surface area contributed by atoms with E-state index in [1.165, 1.54) is 21.5 Å². The van der Waals surface area contributed by atoms with Gasteiger partial charge in [-0.05, 0) is 77.5 Å². The smallest absolute Gasteiger partial charge is 0.497 e. The maximum atomic E-state index is 14.1. The summed E-state index contributed by atoms with van der Waals surface area (Å²) in [6, 6.07) is 24.8. The molecule has 2 aromatic heterocycles. The zero-order valence-electron chi connectivity index (χ0n) is 38.7. The van der Waals surface area contributed by atoms with Gasteiger partial charge in [-0.25, -0.2) is 9.59 Å². The average molecular weight is 945 g/mol. The number of nitrogens with one attached hydrogen (secondary N) is 3. The van der Waals surface area contributed by atoms with Crippen LogP contribution in [0.25, 0.3) is 0 Å². The van der Waals surface area contributed by atoms with Crippen molar-refractivity contribution in [2.24, 2.45) is 0 Å². The van der Waals surface area contributed by atoms with Crippen LogP contribution in [0.3, 0.4) is 0 Å². The van der Waals surface area contributed by atoms with Gasteiger partial charge in [0.15, 0.2) is 8.32 Å². The maximum absolute atomic E-state index is 14.1. The van der Waals surface area contributed by atoms with Gasteiger partial charge >= 0.3 is 19.6 Å². The van der Waals surface area contributed by atoms with Crippen LogP contribution in [-0.2, 0) is 33.3 Å². The number of aryl methyl sites for hydroxylation is 2. The molecule has 0 saturated carbocycles. The molecular weight excluding hydrogens is 886 g/mol. The fourth-order valence-corrected chi connectivity index (χ4v) is 10.3. The number of nitrogens with zero attached hydrogens (tertiary/aromatic N) is 2. The Hall–Kier alpha value is -5.30.